The Morgan fingerprint density at radius 3 is 2.21 bits per heavy atom. The highest BCUT2D eigenvalue weighted by Gasteiger charge is 2.45. The van der Waals surface area contributed by atoms with E-state index in [9.17, 15) is 14.7 Å². The number of carbonyl (C=O) groups is 2. The Bertz CT molecular complexity index is 1220. The fraction of sp³-hybridized carbons (Fsp3) is 0.200. The quantitative estimate of drug-likeness (QED) is 0.502. The molecule has 2 heterocycles. The van der Waals surface area contributed by atoms with E-state index < -0.39 is 23.5 Å². The molecule has 7 nitrogen and oxygen atoms in total. The number of thiophene rings is 1. The van der Waals surface area contributed by atoms with Gasteiger partial charge < -0.3 is 19.3 Å². The van der Waals surface area contributed by atoms with Crippen LogP contribution in [0.3, 0.4) is 0 Å². The minimum atomic E-state index is -0.901. The van der Waals surface area contributed by atoms with Crippen LogP contribution in [-0.4, -0.2) is 38.1 Å². The fourth-order valence-corrected chi connectivity index (χ4v) is 4.71. The van der Waals surface area contributed by atoms with Crippen molar-refractivity contribution in [2.45, 2.75) is 13.0 Å². The summed E-state index contributed by atoms with van der Waals surface area (Å²) in [5, 5.41) is 12.7. The zero-order valence-electron chi connectivity index (χ0n) is 18.6. The molecule has 1 unspecified atom stereocenters. The third-order valence-electron chi connectivity index (χ3n) is 5.58. The number of ether oxygens (including phenoxy) is 3. The van der Waals surface area contributed by atoms with Gasteiger partial charge >= 0.3 is 0 Å². The Morgan fingerprint density at radius 1 is 1.00 bits per heavy atom. The summed E-state index contributed by atoms with van der Waals surface area (Å²) in [6.07, 6.45) is 0. The monoisotopic (exact) mass is 465 g/mol. The van der Waals surface area contributed by atoms with Crippen LogP contribution in [0.15, 0.2) is 65.2 Å². The Hall–Kier alpha value is -3.78. The number of aryl methyl sites for hydroxylation is 1. The number of para-hydroxylation sites is 1. The van der Waals surface area contributed by atoms with E-state index in [-0.39, 0.29) is 5.57 Å². The molecule has 0 aliphatic carbocycles. The molecule has 0 radical (unpaired) electrons. The number of hydrogen-bond donors (Lipinski definition) is 1. The lowest BCUT2D eigenvalue weighted by Gasteiger charge is -2.29. The molecule has 8 heteroatoms. The molecule has 4 rings (SSSR count). The Balaban J connectivity index is 1.98. The second-order valence-corrected chi connectivity index (χ2v) is 8.34. The van der Waals surface area contributed by atoms with Crippen LogP contribution in [0, 0.1) is 6.92 Å². The average molecular weight is 466 g/mol. The number of nitrogens with zero attached hydrogens (tertiary/aromatic N) is 1. The number of rotatable bonds is 7. The minimum absolute atomic E-state index is 0.0000222. The lowest BCUT2D eigenvalue weighted by molar-refractivity contribution is -0.117. The van der Waals surface area contributed by atoms with Crippen LogP contribution in [0.4, 0.5) is 5.69 Å². The van der Waals surface area contributed by atoms with E-state index in [1.54, 1.807) is 41.8 Å². The van der Waals surface area contributed by atoms with Gasteiger partial charge in [0.1, 0.15) is 0 Å². The van der Waals surface area contributed by atoms with E-state index in [1.807, 2.05) is 19.1 Å². The van der Waals surface area contributed by atoms with Crippen molar-refractivity contribution in [2.24, 2.45) is 0 Å². The summed E-state index contributed by atoms with van der Waals surface area (Å²) in [4.78, 5) is 28.7. The molecule has 0 spiro atoms. The van der Waals surface area contributed by atoms with Gasteiger partial charge in [0.2, 0.25) is 11.5 Å². The molecule has 170 valence electrons. The van der Waals surface area contributed by atoms with Gasteiger partial charge in [-0.1, -0.05) is 24.3 Å². The highest BCUT2D eigenvalue weighted by molar-refractivity contribution is 7.12. The number of amides is 1. The van der Waals surface area contributed by atoms with Crippen LogP contribution in [0.5, 0.6) is 17.2 Å². The van der Waals surface area contributed by atoms with Gasteiger partial charge in [-0.15, -0.1) is 11.3 Å². The van der Waals surface area contributed by atoms with Crippen LogP contribution in [-0.2, 0) is 4.79 Å². The molecule has 0 bridgehead atoms. The predicted molar refractivity (Wildman–Crippen MR) is 126 cm³/mol. The third kappa shape index (κ3) is 3.72. The minimum Gasteiger partial charge on any atom is -0.503 e. The molecule has 1 N–H and O–H groups in total. The predicted octanol–water partition coefficient (Wildman–Crippen LogP) is 4.87. The summed E-state index contributed by atoms with van der Waals surface area (Å²) in [5.41, 5.74) is 1.94. The molecule has 1 amide bonds. The number of carbonyl (C=O) groups excluding carboxylic acids is 2. The average Bonchev–Trinajstić information content (AvgIpc) is 3.45. The van der Waals surface area contributed by atoms with Crippen LogP contribution >= 0.6 is 11.3 Å². The first-order valence-electron chi connectivity index (χ1n) is 10.1. The zero-order valence-corrected chi connectivity index (χ0v) is 19.4. The van der Waals surface area contributed by atoms with E-state index in [2.05, 4.69) is 0 Å². The Kier molecular flexibility index (Phi) is 6.11. The van der Waals surface area contributed by atoms with Gasteiger partial charge in [-0.3, -0.25) is 14.5 Å². The third-order valence-corrected chi connectivity index (χ3v) is 6.44. The number of aliphatic hydroxyl groups excluding tert-OH is 1. The maximum atomic E-state index is 13.5. The van der Waals surface area contributed by atoms with Crippen LogP contribution in [0.2, 0.25) is 0 Å². The lowest BCUT2D eigenvalue weighted by atomic mass is 9.94. The molecule has 0 saturated carbocycles. The maximum absolute atomic E-state index is 13.5. The molecule has 0 saturated heterocycles. The standard InChI is InChI=1S/C25H23NO6S/c1-14-8-5-6-9-16(14)26-21(15-12-17(30-2)24(32-4)18(13-15)31-3)20(23(28)25(26)29)22(27)19-10-7-11-33-19/h5-13,21,28H,1-4H3. The summed E-state index contributed by atoms with van der Waals surface area (Å²) in [7, 11) is 4.48. The summed E-state index contributed by atoms with van der Waals surface area (Å²) >= 11 is 1.25. The summed E-state index contributed by atoms with van der Waals surface area (Å²) in [6, 6.07) is 13.2. The number of benzene rings is 2. The smallest absolute Gasteiger partial charge is 0.294 e. The van der Waals surface area contributed by atoms with Crippen molar-refractivity contribution in [1.82, 2.24) is 0 Å². The fourth-order valence-electron chi connectivity index (χ4n) is 4.03. The number of aliphatic hydroxyl groups is 1. The van der Waals surface area contributed by atoms with Crippen LogP contribution < -0.4 is 19.1 Å². The van der Waals surface area contributed by atoms with Gasteiger partial charge in [-0.05, 0) is 47.7 Å². The van der Waals surface area contributed by atoms with Crippen molar-refractivity contribution < 1.29 is 28.9 Å². The normalized spacial score (nSPS) is 15.7. The molecule has 1 atom stereocenters. The molecule has 1 aromatic heterocycles. The van der Waals surface area contributed by atoms with E-state index in [1.165, 1.54) is 37.6 Å². The molecule has 3 aromatic rings. The molecule has 1 aliphatic rings. The van der Waals surface area contributed by atoms with Crippen molar-refractivity contribution in [1.29, 1.82) is 0 Å². The summed E-state index contributed by atoms with van der Waals surface area (Å²) < 4.78 is 16.4. The van der Waals surface area contributed by atoms with E-state index in [0.29, 0.717) is 33.4 Å². The SMILES string of the molecule is COc1cc(C2C(C(=O)c3cccs3)=C(O)C(=O)N2c2ccccc2C)cc(OC)c1OC. The number of hydrogen-bond acceptors (Lipinski definition) is 7. The lowest BCUT2D eigenvalue weighted by Crippen LogP contribution is -2.31. The second-order valence-electron chi connectivity index (χ2n) is 7.39. The van der Waals surface area contributed by atoms with Gasteiger partial charge in [0.05, 0.1) is 37.8 Å². The van der Waals surface area contributed by atoms with E-state index >= 15 is 0 Å². The van der Waals surface area contributed by atoms with Crippen molar-refractivity contribution in [2.75, 3.05) is 26.2 Å². The summed E-state index contributed by atoms with van der Waals surface area (Å²) in [6.45, 7) is 1.87. The van der Waals surface area contributed by atoms with Crippen LogP contribution in [0.25, 0.3) is 0 Å². The first kappa shape index (κ1) is 22.4. The molecular weight excluding hydrogens is 442 g/mol. The van der Waals surface area contributed by atoms with Gasteiger partial charge in [0, 0.05) is 5.69 Å². The molecular formula is C25H23NO6S. The second kappa shape index (κ2) is 8.99. The highest BCUT2D eigenvalue weighted by Crippen LogP contribution is 2.47. The van der Waals surface area contributed by atoms with Gasteiger partial charge in [0.15, 0.2) is 17.3 Å². The van der Waals surface area contributed by atoms with Crippen molar-refractivity contribution in [3.63, 3.8) is 0 Å². The number of anilines is 1. The van der Waals surface area contributed by atoms with Crippen molar-refractivity contribution >= 4 is 28.7 Å². The molecule has 1 aliphatic heterocycles. The maximum Gasteiger partial charge on any atom is 0.294 e. The van der Waals surface area contributed by atoms with Crippen molar-refractivity contribution in [3.05, 3.63) is 81.2 Å². The molecule has 0 fully saturated rings. The first-order valence-corrected chi connectivity index (χ1v) is 11.0. The number of methoxy groups -OCH3 is 3. The number of Topliss-reactive ketones (excluding diaryl/α,β-unsaturated/α-hetero) is 1. The largest absolute Gasteiger partial charge is 0.503 e. The van der Waals surface area contributed by atoms with E-state index in [0.717, 1.165) is 5.56 Å². The van der Waals surface area contributed by atoms with Crippen molar-refractivity contribution in [3.8, 4) is 17.2 Å². The Labute approximate surface area is 195 Å². The summed E-state index contributed by atoms with van der Waals surface area (Å²) in [5.74, 6) is -0.504. The zero-order chi connectivity index (χ0) is 23.7. The first-order chi connectivity index (χ1) is 15.9. The van der Waals surface area contributed by atoms with Crippen LogP contribution in [0.1, 0.15) is 26.8 Å². The highest BCUT2D eigenvalue weighted by atomic mass is 32.1. The number of ketones is 1. The van der Waals surface area contributed by atoms with Gasteiger partial charge in [-0.25, -0.2) is 0 Å². The van der Waals surface area contributed by atoms with Gasteiger partial charge in [0.25, 0.3) is 5.91 Å². The molecule has 33 heavy (non-hydrogen) atoms. The topological polar surface area (TPSA) is 85.3 Å². The molecule has 2 aromatic carbocycles. The van der Waals surface area contributed by atoms with E-state index in [4.69, 9.17) is 14.2 Å². The Morgan fingerprint density at radius 2 is 1.67 bits per heavy atom. The van der Waals surface area contributed by atoms with Gasteiger partial charge in [-0.2, -0.15) is 0 Å².